The summed E-state index contributed by atoms with van der Waals surface area (Å²) in [5.41, 5.74) is 0.629. The predicted octanol–water partition coefficient (Wildman–Crippen LogP) is 3.08. The van der Waals surface area contributed by atoms with Gasteiger partial charge in [0, 0.05) is 13.1 Å². The third-order valence-corrected chi connectivity index (χ3v) is 6.75. The summed E-state index contributed by atoms with van der Waals surface area (Å²) in [5.74, 6) is 1.05. The maximum atomic E-state index is 13.6. The molecule has 9 heteroatoms. The monoisotopic (exact) mass is 475 g/mol. The molecule has 3 aromatic heterocycles. The highest BCUT2D eigenvalue weighted by Gasteiger charge is 2.25. The number of aryl methyl sites for hydroxylation is 1. The number of hydrogen-bond donors (Lipinski definition) is 0. The van der Waals surface area contributed by atoms with E-state index in [4.69, 9.17) is 4.42 Å². The second kappa shape index (κ2) is 9.40. The SMILES string of the molecule is Cc1ccc(CN(C)C(=O)Cn2c(=O)c3c(ncn3C3CCCC3)n(Cc3ccccc3)c2=O)o1. The Morgan fingerprint density at radius 2 is 1.83 bits per heavy atom. The van der Waals surface area contributed by atoms with Crippen LogP contribution < -0.4 is 11.2 Å². The van der Waals surface area contributed by atoms with Gasteiger partial charge in [-0.05, 0) is 37.5 Å². The molecule has 1 saturated carbocycles. The molecule has 0 bridgehead atoms. The molecule has 1 fully saturated rings. The van der Waals surface area contributed by atoms with Crippen LogP contribution in [0.4, 0.5) is 0 Å². The maximum absolute atomic E-state index is 13.6. The van der Waals surface area contributed by atoms with Gasteiger partial charge in [0.15, 0.2) is 11.2 Å². The minimum atomic E-state index is -0.543. The number of furan rings is 1. The van der Waals surface area contributed by atoms with Crippen LogP contribution in [0.2, 0.25) is 0 Å². The highest BCUT2D eigenvalue weighted by Crippen LogP contribution is 2.31. The lowest BCUT2D eigenvalue weighted by Gasteiger charge is -2.18. The van der Waals surface area contributed by atoms with Crippen LogP contribution in [-0.4, -0.2) is 36.5 Å². The van der Waals surface area contributed by atoms with Crippen LogP contribution in [0.15, 0.2) is 62.8 Å². The molecule has 0 unspecified atom stereocenters. The zero-order chi connectivity index (χ0) is 24.5. The van der Waals surface area contributed by atoms with E-state index in [-0.39, 0.29) is 31.6 Å². The first-order valence-corrected chi connectivity index (χ1v) is 12.0. The van der Waals surface area contributed by atoms with Gasteiger partial charge < -0.3 is 13.9 Å². The number of carbonyl (C=O) groups excluding carboxylic acids is 1. The van der Waals surface area contributed by atoms with Gasteiger partial charge in [0.05, 0.1) is 19.4 Å². The topological polar surface area (TPSA) is 95.3 Å². The van der Waals surface area contributed by atoms with Crippen LogP contribution in [0, 0.1) is 6.92 Å². The summed E-state index contributed by atoms with van der Waals surface area (Å²) in [5, 5.41) is 0. The first-order valence-electron chi connectivity index (χ1n) is 12.0. The third kappa shape index (κ3) is 4.45. The second-order valence-corrected chi connectivity index (χ2v) is 9.27. The summed E-state index contributed by atoms with van der Waals surface area (Å²) in [6, 6.07) is 13.4. The largest absolute Gasteiger partial charge is 0.464 e. The summed E-state index contributed by atoms with van der Waals surface area (Å²) in [7, 11) is 1.63. The minimum Gasteiger partial charge on any atom is -0.464 e. The normalized spacial score (nSPS) is 14.1. The number of amides is 1. The van der Waals surface area contributed by atoms with Crippen LogP contribution in [0.1, 0.15) is 48.8 Å². The van der Waals surface area contributed by atoms with Crippen LogP contribution >= 0.6 is 0 Å². The first kappa shape index (κ1) is 22.9. The fourth-order valence-corrected chi connectivity index (χ4v) is 4.86. The molecule has 35 heavy (non-hydrogen) atoms. The molecule has 3 heterocycles. The van der Waals surface area contributed by atoms with Crippen LogP contribution in [-0.2, 0) is 24.4 Å². The Balaban J connectivity index is 1.56. The number of fused-ring (bicyclic) bond motifs is 1. The van der Waals surface area contributed by atoms with Gasteiger partial charge in [-0.2, -0.15) is 0 Å². The Kier molecular flexibility index (Phi) is 6.15. The Morgan fingerprint density at radius 1 is 1.09 bits per heavy atom. The van der Waals surface area contributed by atoms with Crippen molar-refractivity contribution in [2.24, 2.45) is 0 Å². The molecule has 0 N–H and O–H groups in total. The van der Waals surface area contributed by atoms with Crippen molar-refractivity contribution in [3.63, 3.8) is 0 Å². The van der Waals surface area contributed by atoms with E-state index < -0.39 is 11.2 Å². The van der Waals surface area contributed by atoms with Gasteiger partial charge in [0.2, 0.25) is 5.91 Å². The summed E-state index contributed by atoms with van der Waals surface area (Å²) < 4.78 is 10.0. The van der Waals surface area contributed by atoms with E-state index in [2.05, 4.69) is 4.98 Å². The molecule has 1 aliphatic carbocycles. The van der Waals surface area contributed by atoms with Crippen LogP contribution in [0.5, 0.6) is 0 Å². The molecule has 1 amide bonds. The summed E-state index contributed by atoms with van der Waals surface area (Å²) in [4.78, 5) is 46.2. The summed E-state index contributed by atoms with van der Waals surface area (Å²) >= 11 is 0. The third-order valence-electron chi connectivity index (χ3n) is 6.75. The van der Waals surface area contributed by atoms with Gasteiger partial charge in [-0.25, -0.2) is 14.3 Å². The molecule has 182 valence electrons. The number of nitrogens with zero attached hydrogens (tertiary/aromatic N) is 5. The lowest BCUT2D eigenvalue weighted by atomic mass is 10.2. The molecule has 1 aliphatic rings. The standard InChI is InChI=1S/C26H29N5O4/c1-18-12-13-21(35-18)15-28(2)22(32)16-30-25(33)23-24(27-17-31(23)20-10-6-7-11-20)29(26(30)34)14-19-8-4-3-5-9-19/h3-5,8-9,12-13,17,20H,6-7,10-11,14-16H2,1-2H3. The van der Waals surface area contributed by atoms with Gasteiger partial charge in [-0.15, -0.1) is 0 Å². The van der Waals surface area contributed by atoms with Crippen molar-refractivity contribution in [3.05, 3.63) is 86.7 Å². The Labute approximate surface area is 202 Å². The fourth-order valence-electron chi connectivity index (χ4n) is 4.86. The molecule has 0 spiro atoms. The van der Waals surface area contributed by atoms with Crippen molar-refractivity contribution in [1.29, 1.82) is 0 Å². The van der Waals surface area contributed by atoms with Gasteiger partial charge in [0.1, 0.15) is 18.1 Å². The molecule has 0 atom stereocenters. The molecule has 1 aromatic carbocycles. The number of rotatable bonds is 7. The lowest BCUT2D eigenvalue weighted by Crippen LogP contribution is -2.44. The average Bonchev–Trinajstić information content (AvgIpc) is 3.61. The fraction of sp³-hybridized carbons (Fsp3) is 0.385. The Morgan fingerprint density at radius 3 is 2.51 bits per heavy atom. The van der Waals surface area contributed by atoms with E-state index in [1.165, 1.54) is 9.47 Å². The van der Waals surface area contributed by atoms with Gasteiger partial charge in [-0.1, -0.05) is 43.2 Å². The smallest absolute Gasteiger partial charge is 0.333 e. The van der Waals surface area contributed by atoms with Crippen molar-refractivity contribution in [1.82, 2.24) is 23.6 Å². The van der Waals surface area contributed by atoms with Crippen molar-refractivity contribution >= 4 is 17.1 Å². The number of likely N-dealkylation sites (N-methyl/N-ethyl adjacent to an activating group) is 1. The van der Waals surface area contributed by atoms with E-state index in [9.17, 15) is 14.4 Å². The van der Waals surface area contributed by atoms with E-state index in [0.29, 0.717) is 16.9 Å². The highest BCUT2D eigenvalue weighted by atomic mass is 16.3. The molecule has 0 radical (unpaired) electrons. The summed E-state index contributed by atoms with van der Waals surface area (Å²) in [6.45, 7) is 1.99. The van der Waals surface area contributed by atoms with Crippen LogP contribution in [0.25, 0.3) is 11.2 Å². The van der Waals surface area contributed by atoms with E-state index >= 15 is 0 Å². The van der Waals surface area contributed by atoms with Gasteiger partial charge >= 0.3 is 5.69 Å². The van der Waals surface area contributed by atoms with Crippen molar-refractivity contribution in [2.45, 2.75) is 58.3 Å². The number of benzene rings is 1. The van der Waals surface area contributed by atoms with Crippen LogP contribution in [0.3, 0.4) is 0 Å². The summed E-state index contributed by atoms with van der Waals surface area (Å²) in [6.07, 6.45) is 5.79. The zero-order valence-corrected chi connectivity index (χ0v) is 20.0. The number of aromatic nitrogens is 4. The number of imidazole rings is 1. The minimum absolute atomic E-state index is 0.171. The average molecular weight is 476 g/mol. The molecule has 0 saturated heterocycles. The van der Waals surface area contributed by atoms with Crippen molar-refractivity contribution < 1.29 is 9.21 Å². The molecule has 0 aliphatic heterocycles. The molecular formula is C26H29N5O4. The molecular weight excluding hydrogens is 446 g/mol. The van der Waals surface area contributed by atoms with Gasteiger partial charge in [-0.3, -0.25) is 14.2 Å². The molecule has 9 nitrogen and oxygen atoms in total. The van der Waals surface area contributed by atoms with Gasteiger partial charge in [0.25, 0.3) is 5.56 Å². The predicted molar refractivity (Wildman–Crippen MR) is 131 cm³/mol. The van der Waals surface area contributed by atoms with E-state index in [1.54, 1.807) is 13.4 Å². The first-order chi connectivity index (χ1) is 16.9. The van der Waals surface area contributed by atoms with Crippen molar-refractivity contribution in [2.75, 3.05) is 7.05 Å². The van der Waals surface area contributed by atoms with Crippen molar-refractivity contribution in [3.8, 4) is 0 Å². The zero-order valence-electron chi connectivity index (χ0n) is 20.0. The molecule has 5 rings (SSSR count). The Bertz CT molecular complexity index is 1470. The number of carbonyl (C=O) groups is 1. The lowest BCUT2D eigenvalue weighted by molar-refractivity contribution is -0.131. The van der Waals surface area contributed by atoms with E-state index in [0.717, 1.165) is 41.6 Å². The molecule has 4 aromatic rings. The highest BCUT2D eigenvalue weighted by molar-refractivity contribution is 5.76. The maximum Gasteiger partial charge on any atom is 0.333 e. The number of hydrogen-bond acceptors (Lipinski definition) is 5. The second-order valence-electron chi connectivity index (χ2n) is 9.27. The van der Waals surface area contributed by atoms with E-state index in [1.807, 2.05) is 54.0 Å². The Hall–Kier alpha value is -3.88. The quantitative estimate of drug-likeness (QED) is 0.409.